The van der Waals surface area contributed by atoms with Crippen LogP contribution in [0.1, 0.15) is 56.3 Å². The van der Waals surface area contributed by atoms with Crippen LogP contribution in [0.15, 0.2) is 4.99 Å². The van der Waals surface area contributed by atoms with Crippen LogP contribution in [0.25, 0.3) is 0 Å². The maximum atomic E-state index is 11.7. The van der Waals surface area contributed by atoms with E-state index >= 15 is 0 Å². The lowest BCUT2D eigenvalue weighted by Gasteiger charge is -2.25. The Morgan fingerprint density at radius 3 is 2.16 bits per heavy atom. The summed E-state index contributed by atoms with van der Waals surface area (Å²) in [6.45, 7) is 13.7. The van der Waals surface area contributed by atoms with Crippen molar-refractivity contribution in [2.24, 2.45) is 22.1 Å². The van der Waals surface area contributed by atoms with E-state index < -0.39 is 0 Å². The van der Waals surface area contributed by atoms with E-state index in [0.29, 0.717) is 6.54 Å². The van der Waals surface area contributed by atoms with Crippen molar-refractivity contribution in [3.63, 3.8) is 0 Å². The van der Waals surface area contributed by atoms with Crippen LogP contribution < -0.4 is 11.1 Å². The van der Waals surface area contributed by atoms with Gasteiger partial charge in [-0.05, 0) is 12.3 Å². The fourth-order valence-electron chi connectivity index (χ4n) is 1.09. The van der Waals surface area contributed by atoms with Crippen molar-refractivity contribution < 1.29 is 11.0 Å². The van der Waals surface area contributed by atoms with Gasteiger partial charge in [0.25, 0.3) is 0 Å². The molecular weight excluding hydrogens is 242 g/mol. The molecule has 3 N–H and O–H groups in total. The Kier molecular flexibility index (Phi) is 10.00. The van der Waals surface area contributed by atoms with Gasteiger partial charge in [0.2, 0.25) is 11.8 Å². The summed E-state index contributed by atoms with van der Waals surface area (Å²) in [6.07, 6.45) is 0.178. The molecule has 0 saturated heterocycles. The monoisotopic (exact) mass is 273 g/mol. The Bertz CT molecular complexity index is 319. The van der Waals surface area contributed by atoms with Gasteiger partial charge >= 0.3 is 0 Å². The van der Waals surface area contributed by atoms with Gasteiger partial charge in [-0.2, -0.15) is 0 Å². The van der Waals surface area contributed by atoms with E-state index in [2.05, 4.69) is 10.3 Å². The Balaban J connectivity index is -0.000000916. The molecule has 0 aliphatic heterocycles. The first kappa shape index (κ1) is 19.9. The van der Waals surface area contributed by atoms with Crippen LogP contribution in [0.2, 0.25) is 0 Å². The number of nitrogens with two attached hydrogens (primary N) is 1. The summed E-state index contributed by atoms with van der Waals surface area (Å²) in [7, 11) is 0. The average Bonchev–Trinajstić information content (AvgIpc) is 2.28. The third-order valence-corrected chi connectivity index (χ3v) is 2.63. The van der Waals surface area contributed by atoms with E-state index in [-0.39, 0.29) is 36.8 Å². The van der Waals surface area contributed by atoms with E-state index in [1.54, 1.807) is 6.92 Å². The zero-order valence-corrected chi connectivity index (χ0v) is 13.3. The summed E-state index contributed by atoms with van der Waals surface area (Å²) < 4.78 is 0. The molecule has 5 nitrogen and oxygen atoms in total. The largest absolute Gasteiger partial charge is 0.387 e. The highest BCUT2D eigenvalue weighted by Gasteiger charge is 2.26. The first-order valence-corrected chi connectivity index (χ1v) is 6.76. The summed E-state index contributed by atoms with van der Waals surface area (Å²) in [4.78, 5) is 26.5. The van der Waals surface area contributed by atoms with Gasteiger partial charge in [0.05, 0.1) is 5.84 Å². The molecule has 1 atom stereocenters. The van der Waals surface area contributed by atoms with Gasteiger partial charge in [0, 0.05) is 20.3 Å². The fourth-order valence-corrected chi connectivity index (χ4v) is 1.09. The number of rotatable bonds is 4. The van der Waals surface area contributed by atoms with Crippen LogP contribution >= 0.6 is 0 Å². The number of carbonyl (C=O) groups is 2. The molecule has 1 unspecified atom stereocenters. The van der Waals surface area contributed by atoms with Crippen molar-refractivity contribution in [2.75, 3.05) is 6.54 Å². The van der Waals surface area contributed by atoms with E-state index in [1.807, 2.05) is 41.5 Å². The van der Waals surface area contributed by atoms with E-state index in [0.717, 1.165) is 0 Å². The minimum Gasteiger partial charge on any atom is -0.387 e. The number of aliphatic imine (C=N–C) groups is 1. The zero-order chi connectivity index (χ0) is 15.6. The molecule has 5 heteroatoms. The van der Waals surface area contributed by atoms with Crippen LogP contribution in [-0.2, 0) is 9.59 Å². The lowest BCUT2D eigenvalue weighted by molar-refractivity contribution is -0.127. The molecule has 0 aliphatic carbocycles. The molecule has 19 heavy (non-hydrogen) atoms. The van der Waals surface area contributed by atoms with Crippen molar-refractivity contribution in [1.82, 2.24) is 5.32 Å². The molecule has 0 heterocycles. The second-order valence-electron chi connectivity index (χ2n) is 5.28. The van der Waals surface area contributed by atoms with E-state index in [4.69, 9.17) is 5.73 Å². The Hall–Kier alpha value is -1.39. The van der Waals surface area contributed by atoms with Gasteiger partial charge in [0.1, 0.15) is 0 Å². The highest BCUT2D eigenvalue weighted by molar-refractivity contribution is 5.92. The number of amidine groups is 1. The summed E-state index contributed by atoms with van der Waals surface area (Å²) >= 11 is 0. The number of amides is 2. The predicted molar refractivity (Wildman–Crippen MR) is 82.0 cm³/mol. The zero-order valence-electron chi connectivity index (χ0n) is 13.3. The van der Waals surface area contributed by atoms with Crippen molar-refractivity contribution in [1.29, 1.82) is 0 Å². The van der Waals surface area contributed by atoms with Crippen LogP contribution in [0.3, 0.4) is 0 Å². The first-order chi connectivity index (χ1) is 8.64. The van der Waals surface area contributed by atoms with Gasteiger partial charge in [0.15, 0.2) is 0 Å². The highest BCUT2D eigenvalue weighted by atomic mass is 16.2. The van der Waals surface area contributed by atoms with Crippen LogP contribution in [0, 0.1) is 11.3 Å². The molecule has 0 bridgehead atoms. The van der Waals surface area contributed by atoms with Gasteiger partial charge in [-0.25, -0.2) is 4.99 Å². The lowest BCUT2D eigenvalue weighted by Crippen LogP contribution is -2.37. The number of hydrogen-bond donors (Lipinski definition) is 2. The van der Waals surface area contributed by atoms with Crippen LogP contribution in [0.4, 0.5) is 0 Å². The predicted octanol–water partition coefficient (Wildman–Crippen LogP) is 2.35. The Morgan fingerprint density at radius 2 is 1.79 bits per heavy atom. The summed E-state index contributed by atoms with van der Waals surface area (Å²) in [5.41, 5.74) is 5.19. The standard InChI is InChI=1S/C12H23N3O2.C2H6.H2/c1-8(12(3,4)5)11(17)14-7-6-10(16)15-9(2)13;1-2;/h8H,6-7H2,1-5H3,(H,14,17)(H2,13,15,16);1-2H3;1H. The first-order valence-electron chi connectivity index (χ1n) is 6.76. The molecule has 0 saturated carbocycles. The SMILES string of the molecule is CC.CC(N)=NC(=O)CCNC(=O)C(C)C(C)(C)C.[HH]. The van der Waals surface area contributed by atoms with Crippen molar-refractivity contribution in [3.8, 4) is 0 Å². The smallest absolute Gasteiger partial charge is 0.249 e. The third kappa shape index (κ3) is 10.2. The van der Waals surface area contributed by atoms with Crippen molar-refractivity contribution >= 4 is 17.6 Å². The topological polar surface area (TPSA) is 84.5 Å². The number of hydrogen-bond acceptors (Lipinski definition) is 2. The minimum atomic E-state index is -0.311. The maximum absolute atomic E-state index is 11.7. The molecular formula is C14H31N3O2. The lowest BCUT2D eigenvalue weighted by atomic mass is 9.81. The second kappa shape index (κ2) is 9.53. The second-order valence-corrected chi connectivity index (χ2v) is 5.28. The minimum absolute atomic E-state index is 0. The average molecular weight is 273 g/mol. The molecule has 0 aromatic rings. The van der Waals surface area contributed by atoms with Gasteiger partial charge in [-0.1, -0.05) is 41.5 Å². The van der Waals surface area contributed by atoms with Gasteiger partial charge < -0.3 is 11.1 Å². The Labute approximate surface area is 118 Å². The number of carbonyl (C=O) groups excluding carboxylic acids is 2. The molecule has 0 spiro atoms. The number of nitrogens with zero attached hydrogens (tertiary/aromatic N) is 1. The summed E-state index contributed by atoms with van der Waals surface area (Å²) in [6, 6.07) is 0. The highest BCUT2D eigenvalue weighted by Crippen LogP contribution is 2.25. The molecule has 0 radical (unpaired) electrons. The fraction of sp³-hybridized carbons (Fsp3) is 0.786. The summed E-state index contributed by atoms with van der Waals surface area (Å²) in [5, 5.41) is 2.72. The van der Waals surface area contributed by atoms with Gasteiger partial charge in [-0.3, -0.25) is 9.59 Å². The molecule has 0 aromatic carbocycles. The molecule has 0 aliphatic rings. The van der Waals surface area contributed by atoms with E-state index in [1.165, 1.54) is 0 Å². The summed E-state index contributed by atoms with van der Waals surface area (Å²) in [5.74, 6) is -0.214. The molecule has 0 aromatic heterocycles. The normalized spacial score (nSPS) is 13.1. The van der Waals surface area contributed by atoms with Crippen LogP contribution in [-0.4, -0.2) is 24.2 Å². The molecule has 114 valence electrons. The van der Waals surface area contributed by atoms with E-state index in [9.17, 15) is 9.59 Å². The Morgan fingerprint density at radius 1 is 1.32 bits per heavy atom. The molecule has 0 fully saturated rings. The van der Waals surface area contributed by atoms with Crippen LogP contribution in [0.5, 0.6) is 0 Å². The quantitative estimate of drug-likeness (QED) is 0.609. The van der Waals surface area contributed by atoms with Crippen molar-refractivity contribution in [2.45, 2.75) is 54.9 Å². The molecule has 0 rings (SSSR count). The maximum Gasteiger partial charge on any atom is 0.249 e. The van der Waals surface area contributed by atoms with Gasteiger partial charge in [-0.15, -0.1) is 0 Å². The molecule has 2 amide bonds. The third-order valence-electron chi connectivity index (χ3n) is 2.63. The van der Waals surface area contributed by atoms with Crippen molar-refractivity contribution in [3.05, 3.63) is 0 Å². The number of nitrogens with one attached hydrogen (secondary N) is 1.